The molecule has 0 atom stereocenters. The Balaban J connectivity index is 1.19. The summed E-state index contributed by atoms with van der Waals surface area (Å²) in [6, 6.07) is 30.5. The van der Waals surface area contributed by atoms with Gasteiger partial charge in [0.15, 0.2) is 0 Å². The Bertz CT molecular complexity index is 837. The van der Waals surface area contributed by atoms with Gasteiger partial charge in [0.25, 0.3) is 0 Å². The molecule has 150 valence electrons. The van der Waals surface area contributed by atoms with Crippen LogP contribution in [0.5, 0.6) is 5.75 Å². The first-order chi connectivity index (χ1) is 14.4. The van der Waals surface area contributed by atoms with Crippen LogP contribution in [0, 0.1) is 0 Å². The molecule has 0 amide bonds. The summed E-state index contributed by atoms with van der Waals surface area (Å²) in [5.74, 6) is 1.64. The van der Waals surface area contributed by atoms with Gasteiger partial charge in [0.2, 0.25) is 0 Å². The van der Waals surface area contributed by atoms with E-state index in [1.54, 1.807) is 0 Å². The molecule has 1 saturated carbocycles. The van der Waals surface area contributed by atoms with Crippen LogP contribution in [0.4, 0.5) is 0 Å². The molecule has 4 rings (SSSR count). The highest BCUT2D eigenvalue weighted by atomic mass is 16.5. The smallest absolute Gasteiger partial charge is 0.119 e. The summed E-state index contributed by atoms with van der Waals surface area (Å²) >= 11 is 0. The summed E-state index contributed by atoms with van der Waals surface area (Å²) in [5, 5.41) is 3.76. The largest absolute Gasteiger partial charge is 0.489 e. The van der Waals surface area contributed by atoms with Crippen LogP contribution in [0.1, 0.15) is 48.3 Å². The van der Waals surface area contributed by atoms with Gasteiger partial charge in [-0.15, -0.1) is 0 Å². The lowest BCUT2D eigenvalue weighted by Crippen LogP contribution is -2.34. The highest BCUT2D eigenvalue weighted by Gasteiger charge is 2.21. The Kier molecular flexibility index (Phi) is 6.98. The maximum absolute atomic E-state index is 5.92. The molecular formula is C27H31NO. The van der Waals surface area contributed by atoms with Crippen molar-refractivity contribution in [3.8, 4) is 5.75 Å². The zero-order valence-corrected chi connectivity index (χ0v) is 17.1. The van der Waals surface area contributed by atoms with Crippen molar-refractivity contribution >= 4 is 0 Å². The molecule has 2 nitrogen and oxygen atoms in total. The molecule has 3 aromatic rings. The molecule has 1 aliphatic carbocycles. The SMILES string of the molecule is c1ccc(CCN[C@H]2CC[C@@H](c3ccc(OCc4ccccc4)cc3)CC2)cc1. The van der Waals surface area contributed by atoms with Crippen molar-refractivity contribution < 1.29 is 4.74 Å². The van der Waals surface area contributed by atoms with Crippen LogP contribution in [0.25, 0.3) is 0 Å². The minimum Gasteiger partial charge on any atom is -0.489 e. The van der Waals surface area contributed by atoms with Crippen molar-refractivity contribution in [2.75, 3.05) is 6.54 Å². The fourth-order valence-electron chi connectivity index (χ4n) is 4.27. The third-order valence-electron chi connectivity index (χ3n) is 6.02. The average molecular weight is 386 g/mol. The third kappa shape index (κ3) is 5.95. The standard InChI is InChI=1S/C27H31NO/c1-3-7-22(8-4-1)19-20-28-26-15-11-24(12-16-26)25-13-17-27(18-14-25)29-21-23-9-5-2-6-10-23/h1-10,13-14,17-18,24,26,28H,11-12,15-16,19-21H2/t24-,26+. The number of rotatable bonds is 8. The van der Waals surface area contributed by atoms with Crippen LogP contribution >= 0.6 is 0 Å². The summed E-state index contributed by atoms with van der Waals surface area (Å²) in [5.41, 5.74) is 4.08. The Labute approximate surface area is 174 Å². The Morgan fingerprint density at radius 3 is 1.97 bits per heavy atom. The van der Waals surface area contributed by atoms with Crippen molar-refractivity contribution in [2.24, 2.45) is 0 Å². The number of benzene rings is 3. The van der Waals surface area contributed by atoms with Gasteiger partial charge in [0.1, 0.15) is 12.4 Å². The lowest BCUT2D eigenvalue weighted by atomic mass is 9.81. The monoisotopic (exact) mass is 385 g/mol. The van der Waals surface area contributed by atoms with E-state index in [1.807, 2.05) is 6.07 Å². The summed E-state index contributed by atoms with van der Waals surface area (Å²) in [4.78, 5) is 0. The van der Waals surface area contributed by atoms with Gasteiger partial charge in [-0.1, -0.05) is 72.8 Å². The highest BCUT2D eigenvalue weighted by Crippen LogP contribution is 2.33. The maximum Gasteiger partial charge on any atom is 0.119 e. The van der Waals surface area contributed by atoms with Gasteiger partial charge in [-0.3, -0.25) is 0 Å². The summed E-state index contributed by atoms with van der Waals surface area (Å²) < 4.78 is 5.92. The summed E-state index contributed by atoms with van der Waals surface area (Å²) in [6.45, 7) is 1.70. The van der Waals surface area contributed by atoms with Gasteiger partial charge >= 0.3 is 0 Å². The molecule has 1 N–H and O–H groups in total. The van der Waals surface area contributed by atoms with Crippen LogP contribution in [-0.2, 0) is 13.0 Å². The molecule has 0 spiro atoms. The molecule has 0 aromatic heterocycles. The molecule has 0 unspecified atom stereocenters. The lowest BCUT2D eigenvalue weighted by molar-refractivity contribution is 0.305. The number of nitrogens with one attached hydrogen (secondary N) is 1. The minimum atomic E-state index is 0.625. The maximum atomic E-state index is 5.92. The van der Waals surface area contributed by atoms with Gasteiger partial charge < -0.3 is 10.1 Å². The fraction of sp³-hybridized carbons (Fsp3) is 0.333. The van der Waals surface area contributed by atoms with Gasteiger partial charge in [0, 0.05) is 6.04 Å². The van der Waals surface area contributed by atoms with Crippen LogP contribution in [-0.4, -0.2) is 12.6 Å². The summed E-state index contributed by atoms with van der Waals surface area (Å²) in [7, 11) is 0. The van der Waals surface area contributed by atoms with Crippen molar-refractivity contribution in [1.29, 1.82) is 0 Å². The van der Waals surface area contributed by atoms with Gasteiger partial charge in [-0.2, -0.15) is 0 Å². The lowest BCUT2D eigenvalue weighted by Gasteiger charge is -2.29. The third-order valence-corrected chi connectivity index (χ3v) is 6.02. The topological polar surface area (TPSA) is 21.3 Å². The zero-order valence-electron chi connectivity index (χ0n) is 17.1. The first-order valence-electron chi connectivity index (χ1n) is 10.9. The first-order valence-corrected chi connectivity index (χ1v) is 10.9. The van der Waals surface area contributed by atoms with Crippen molar-refractivity contribution in [1.82, 2.24) is 5.32 Å². The minimum absolute atomic E-state index is 0.625. The predicted octanol–water partition coefficient (Wildman–Crippen LogP) is 6.12. The second kappa shape index (κ2) is 10.3. The van der Waals surface area contributed by atoms with E-state index in [0.29, 0.717) is 18.6 Å². The van der Waals surface area contributed by atoms with Crippen LogP contribution in [0.2, 0.25) is 0 Å². The molecular weight excluding hydrogens is 354 g/mol. The molecule has 1 aliphatic rings. The molecule has 29 heavy (non-hydrogen) atoms. The second-order valence-corrected chi connectivity index (χ2v) is 8.08. The Morgan fingerprint density at radius 1 is 0.690 bits per heavy atom. The molecule has 0 bridgehead atoms. The summed E-state index contributed by atoms with van der Waals surface area (Å²) in [6.07, 6.45) is 6.20. The number of hydrogen-bond donors (Lipinski definition) is 1. The van der Waals surface area contributed by atoms with Gasteiger partial charge in [0.05, 0.1) is 0 Å². The predicted molar refractivity (Wildman–Crippen MR) is 120 cm³/mol. The van der Waals surface area contributed by atoms with E-state index in [4.69, 9.17) is 4.74 Å². The van der Waals surface area contributed by atoms with E-state index >= 15 is 0 Å². The van der Waals surface area contributed by atoms with E-state index in [0.717, 1.165) is 18.7 Å². The quantitative estimate of drug-likeness (QED) is 0.504. The molecule has 0 saturated heterocycles. The van der Waals surface area contributed by atoms with E-state index in [1.165, 1.54) is 42.4 Å². The highest BCUT2D eigenvalue weighted by molar-refractivity contribution is 5.30. The van der Waals surface area contributed by atoms with Crippen molar-refractivity contribution in [2.45, 2.75) is 50.7 Å². The molecule has 0 heterocycles. The number of ether oxygens (including phenoxy) is 1. The van der Waals surface area contributed by atoms with E-state index in [-0.39, 0.29) is 0 Å². The molecule has 0 radical (unpaired) electrons. The fourth-order valence-corrected chi connectivity index (χ4v) is 4.27. The second-order valence-electron chi connectivity index (χ2n) is 8.08. The van der Waals surface area contributed by atoms with Crippen molar-refractivity contribution in [3.05, 3.63) is 102 Å². The zero-order chi connectivity index (χ0) is 19.7. The molecule has 0 aliphatic heterocycles. The average Bonchev–Trinajstić information content (AvgIpc) is 2.80. The number of hydrogen-bond acceptors (Lipinski definition) is 2. The van der Waals surface area contributed by atoms with Gasteiger partial charge in [-0.25, -0.2) is 0 Å². The van der Waals surface area contributed by atoms with Gasteiger partial charge in [-0.05, 0) is 73.4 Å². The molecule has 1 fully saturated rings. The van der Waals surface area contributed by atoms with Crippen LogP contribution < -0.4 is 10.1 Å². The van der Waals surface area contributed by atoms with Crippen LogP contribution in [0.3, 0.4) is 0 Å². The normalized spacial score (nSPS) is 19.0. The van der Waals surface area contributed by atoms with Crippen LogP contribution in [0.15, 0.2) is 84.9 Å². The van der Waals surface area contributed by atoms with E-state index in [9.17, 15) is 0 Å². The first kappa shape index (κ1) is 19.7. The Morgan fingerprint density at radius 2 is 1.31 bits per heavy atom. The van der Waals surface area contributed by atoms with E-state index in [2.05, 4.69) is 84.2 Å². The Hall–Kier alpha value is -2.58. The van der Waals surface area contributed by atoms with Crippen molar-refractivity contribution in [3.63, 3.8) is 0 Å². The molecule has 3 aromatic carbocycles. The molecule has 2 heteroatoms. The van der Waals surface area contributed by atoms with E-state index < -0.39 is 0 Å².